The molecule has 0 atom stereocenters. The van der Waals surface area contributed by atoms with Gasteiger partial charge >= 0.3 is 0 Å². The second-order valence-corrected chi connectivity index (χ2v) is 14.8. The van der Waals surface area contributed by atoms with Gasteiger partial charge in [-0.2, -0.15) is 0 Å². The summed E-state index contributed by atoms with van der Waals surface area (Å²) in [6, 6.07) is 30.2. The van der Waals surface area contributed by atoms with Crippen LogP contribution in [0.15, 0.2) is 124 Å². The Balaban J connectivity index is 1.38. The Hall–Kier alpha value is -3.86. The number of rotatable bonds is 8. The number of sulfonamides is 1. The summed E-state index contributed by atoms with van der Waals surface area (Å²) in [6.07, 6.45) is 3.27. The number of benzene rings is 4. The lowest BCUT2D eigenvalue weighted by molar-refractivity contribution is 0.102. The highest BCUT2D eigenvalue weighted by Crippen LogP contribution is 2.41. The molecule has 4 aromatic carbocycles. The molecule has 5 rings (SSSR count). The van der Waals surface area contributed by atoms with Gasteiger partial charge in [-0.15, -0.1) is 0 Å². The van der Waals surface area contributed by atoms with Gasteiger partial charge in [0.15, 0.2) is 0 Å². The minimum absolute atomic E-state index is 0.0102. The molecule has 210 valence electrons. The lowest BCUT2D eigenvalue weighted by Crippen LogP contribution is -2.31. The van der Waals surface area contributed by atoms with Crippen LogP contribution in [0.3, 0.4) is 0 Å². The van der Waals surface area contributed by atoms with Gasteiger partial charge in [0.05, 0.1) is 22.9 Å². The SMILES string of the molecule is CS(=O)(=O)CCC1=CCN(S(=O)(=O)c2ccc(NC(=O)c3ccccc3-c3ccccc3)cc2)c2ccccc2S1. The maximum atomic E-state index is 13.8. The van der Waals surface area contributed by atoms with Crippen molar-refractivity contribution in [2.75, 3.05) is 28.2 Å². The number of amides is 1. The van der Waals surface area contributed by atoms with Crippen LogP contribution in [0.2, 0.25) is 0 Å². The Morgan fingerprint density at radius 2 is 1.49 bits per heavy atom. The fraction of sp³-hybridized carbons (Fsp3) is 0.129. The summed E-state index contributed by atoms with van der Waals surface area (Å²) in [5.41, 5.74) is 3.22. The number of carbonyl (C=O) groups excluding carboxylic acids is 1. The number of sulfone groups is 1. The molecule has 7 nitrogen and oxygen atoms in total. The lowest BCUT2D eigenvalue weighted by atomic mass is 9.99. The predicted molar refractivity (Wildman–Crippen MR) is 166 cm³/mol. The van der Waals surface area contributed by atoms with Crippen molar-refractivity contribution in [3.8, 4) is 11.1 Å². The molecule has 1 heterocycles. The zero-order valence-corrected chi connectivity index (χ0v) is 24.7. The molecule has 0 saturated carbocycles. The van der Waals surface area contributed by atoms with E-state index in [1.165, 1.54) is 34.5 Å². The van der Waals surface area contributed by atoms with E-state index >= 15 is 0 Å². The maximum absolute atomic E-state index is 13.8. The molecule has 0 unspecified atom stereocenters. The highest BCUT2D eigenvalue weighted by Gasteiger charge is 2.28. The van der Waals surface area contributed by atoms with E-state index in [1.807, 2.05) is 54.6 Å². The minimum atomic E-state index is -3.96. The minimum Gasteiger partial charge on any atom is -0.322 e. The van der Waals surface area contributed by atoms with Crippen molar-refractivity contribution in [3.05, 3.63) is 120 Å². The number of hydrogen-bond acceptors (Lipinski definition) is 6. The molecule has 4 aromatic rings. The van der Waals surface area contributed by atoms with Crippen molar-refractivity contribution in [2.45, 2.75) is 16.2 Å². The molecule has 0 bridgehead atoms. The molecule has 0 radical (unpaired) electrons. The van der Waals surface area contributed by atoms with Gasteiger partial charge in [-0.05, 0) is 64.9 Å². The molecule has 10 heteroatoms. The third-order valence-corrected chi connectivity index (χ3v) is 10.5. The van der Waals surface area contributed by atoms with E-state index in [9.17, 15) is 21.6 Å². The van der Waals surface area contributed by atoms with Crippen LogP contribution in [0.4, 0.5) is 11.4 Å². The Morgan fingerprint density at radius 3 is 2.22 bits per heavy atom. The van der Waals surface area contributed by atoms with Crippen molar-refractivity contribution in [2.24, 2.45) is 0 Å². The van der Waals surface area contributed by atoms with Gasteiger partial charge in [-0.3, -0.25) is 9.10 Å². The number of anilines is 2. The number of allylic oxidation sites excluding steroid dienone is 1. The third-order valence-electron chi connectivity index (χ3n) is 6.54. The molecular formula is C31H28N2O5S3. The van der Waals surface area contributed by atoms with Gasteiger partial charge < -0.3 is 5.32 Å². The summed E-state index contributed by atoms with van der Waals surface area (Å²) in [7, 11) is -7.12. The number of thioether (sulfide) groups is 1. The Labute approximate surface area is 244 Å². The highest BCUT2D eigenvalue weighted by atomic mass is 32.2. The van der Waals surface area contributed by atoms with Gasteiger partial charge in [0.25, 0.3) is 15.9 Å². The first kappa shape index (κ1) is 28.7. The zero-order chi connectivity index (χ0) is 29.0. The summed E-state index contributed by atoms with van der Waals surface area (Å²) in [6.45, 7) is 0.0696. The van der Waals surface area contributed by atoms with Crippen molar-refractivity contribution in [1.82, 2.24) is 0 Å². The molecule has 0 saturated heterocycles. The molecule has 41 heavy (non-hydrogen) atoms. The van der Waals surface area contributed by atoms with Gasteiger partial charge in [0, 0.05) is 22.4 Å². The molecule has 0 fully saturated rings. The maximum Gasteiger partial charge on any atom is 0.264 e. The number of fused-ring (bicyclic) bond motifs is 1. The van der Waals surface area contributed by atoms with Gasteiger partial charge in [0.1, 0.15) is 9.84 Å². The van der Waals surface area contributed by atoms with Crippen molar-refractivity contribution in [1.29, 1.82) is 0 Å². The van der Waals surface area contributed by atoms with Crippen LogP contribution in [-0.2, 0) is 19.9 Å². The molecular weight excluding hydrogens is 577 g/mol. The van der Waals surface area contributed by atoms with Crippen molar-refractivity contribution >= 4 is 48.9 Å². The average molecular weight is 605 g/mol. The summed E-state index contributed by atoms with van der Waals surface area (Å²) in [5.74, 6) is -0.311. The van der Waals surface area contributed by atoms with Crippen molar-refractivity contribution < 1.29 is 21.6 Å². The third kappa shape index (κ3) is 6.73. The highest BCUT2D eigenvalue weighted by molar-refractivity contribution is 8.03. The lowest BCUT2D eigenvalue weighted by Gasteiger charge is -2.24. The van der Waals surface area contributed by atoms with E-state index in [0.717, 1.165) is 20.9 Å². The fourth-order valence-electron chi connectivity index (χ4n) is 4.47. The first-order chi connectivity index (χ1) is 19.6. The Morgan fingerprint density at radius 1 is 0.829 bits per heavy atom. The second kappa shape index (κ2) is 11.9. The van der Waals surface area contributed by atoms with Crippen LogP contribution < -0.4 is 9.62 Å². The molecule has 1 N–H and O–H groups in total. The number of hydrogen-bond donors (Lipinski definition) is 1. The van der Waals surface area contributed by atoms with E-state index in [0.29, 0.717) is 23.4 Å². The van der Waals surface area contributed by atoms with Gasteiger partial charge in [-0.1, -0.05) is 78.5 Å². The largest absolute Gasteiger partial charge is 0.322 e. The summed E-state index contributed by atoms with van der Waals surface area (Å²) >= 11 is 1.38. The second-order valence-electron chi connectivity index (χ2n) is 9.55. The number of para-hydroxylation sites is 1. The van der Waals surface area contributed by atoms with Crippen molar-refractivity contribution in [3.63, 3.8) is 0 Å². The Bertz CT molecular complexity index is 1820. The van der Waals surface area contributed by atoms with E-state index in [2.05, 4.69) is 5.32 Å². The van der Waals surface area contributed by atoms with E-state index in [4.69, 9.17) is 0 Å². The number of carbonyl (C=O) groups is 1. The zero-order valence-electron chi connectivity index (χ0n) is 22.2. The fourth-order valence-corrected chi connectivity index (χ4v) is 7.74. The van der Waals surface area contributed by atoms with Crippen LogP contribution in [0, 0.1) is 0 Å². The molecule has 1 amide bonds. The topological polar surface area (TPSA) is 101 Å². The summed E-state index contributed by atoms with van der Waals surface area (Å²) in [5, 5.41) is 2.87. The quantitative estimate of drug-likeness (QED) is 0.256. The average Bonchev–Trinajstić information content (AvgIpc) is 3.16. The first-order valence-corrected chi connectivity index (χ1v) is 17.2. The van der Waals surface area contributed by atoms with E-state index < -0.39 is 19.9 Å². The normalized spacial score (nSPS) is 13.6. The van der Waals surface area contributed by atoms with Crippen LogP contribution in [0.25, 0.3) is 11.1 Å². The first-order valence-electron chi connectivity index (χ1n) is 12.8. The monoisotopic (exact) mass is 604 g/mol. The van der Waals surface area contributed by atoms with Crippen LogP contribution in [0.5, 0.6) is 0 Å². The molecule has 0 spiro atoms. The molecule has 1 aliphatic rings. The van der Waals surface area contributed by atoms with Gasteiger partial charge in [-0.25, -0.2) is 16.8 Å². The van der Waals surface area contributed by atoms with Crippen LogP contribution in [-0.4, -0.2) is 41.3 Å². The summed E-state index contributed by atoms with van der Waals surface area (Å²) in [4.78, 5) is 14.8. The Kier molecular flexibility index (Phi) is 8.35. The van der Waals surface area contributed by atoms with Crippen LogP contribution >= 0.6 is 11.8 Å². The smallest absolute Gasteiger partial charge is 0.264 e. The number of nitrogens with zero attached hydrogens (tertiary/aromatic N) is 1. The van der Waals surface area contributed by atoms with E-state index in [1.54, 1.807) is 42.5 Å². The van der Waals surface area contributed by atoms with Crippen LogP contribution in [0.1, 0.15) is 16.8 Å². The standard InChI is InChI=1S/C31H28N2O5S3/c1-40(35,36)22-20-25-19-21-33(29-13-7-8-14-30(29)39-25)41(37,38)26-17-15-24(16-18-26)32-31(34)28-12-6-5-11-27(28)23-9-3-2-4-10-23/h2-19H,20-22H2,1H3,(H,32,34). The molecule has 0 aromatic heterocycles. The number of nitrogens with one attached hydrogen (secondary N) is 1. The molecule has 0 aliphatic carbocycles. The summed E-state index contributed by atoms with van der Waals surface area (Å²) < 4.78 is 52.3. The van der Waals surface area contributed by atoms with E-state index in [-0.39, 0.29) is 23.1 Å². The predicted octanol–water partition coefficient (Wildman–Crippen LogP) is 6.23. The molecule has 1 aliphatic heterocycles. The van der Waals surface area contributed by atoms with Gasteiger partial charge in [0.2, 0.25) is 0 Å².